The summed E-state index contributed by atoms with van der Waals surface area (Å²) in [5.74, 6) is -0.211. The van der Waals surface area contributed by atoms with E-state index in [-0.39, 0.29) is 23.0 Å². The third-order valence-electron chi connectivity index (χ3n) is 6.07. The summed E-state index contributed by atoms with van der Waals surface area (Å²) in [5, 5.41) is 0. The molecule has 5 heteroatoms. The van der Waals surface area contributed by atoms with Crippen molar-refractivity contribution < 1.29 is 18.3 Å². The number of carbonyl (C=O) groups is 1. The van der Waals surface area contributed by atoms with Gasteiger partial charge in [-0.25, -0.2) is 0 Å². The quantitative estimate of drug-likeness (QED) is 0.632. The van der Waals surface area contributed by atoms with Crippen LogP contribution in [0.2, 0.25) is 0 Å². The normalized spacial score (nSPS) is 24.9. The van der Waals surface area contributed by atoms with E-state index in [0.29, 0.717) is 12.1 Å². The van der Waals surface area contributed by atoms with Crippen LogP contribution in [0.4, 0.5) is 8.78 Å². The minimum atomic E-state index is -2.93. The minimum absolute atomic E-state index is 0.0145. The van der Waals surface area contributed by atoms with Gasteiger partial charge < -0.3 is 4.74 Å². The van der Waals surface area contributed by atoms with Crippen molar-refractivity contribution in [2.45, 2.75) is 57.3 Å². The molecular formula is C23H25F2NO2. The van der Waals surface area contributed by atoms with E-state index in [1.807, 2.05) is 6.07 Å². The van der Waals surface area contributed by atoms with E-state index in [4.69, 9.17) is 0 Å². The van der Waals surface area contributed by atoms with Crippen molar-refractivity contribution in [2.75, 3.05) is 0 Å². The van der Waals surface area contributed by atoms with Crippen LogP contribution in [0.1, 0.15) is 48.0 Å². The molecule has 0 saturated carbocycles. The zero-order valence-electron chi connectivity index (χ0n) is 15.8. The van der Waals surface area contributed by atoms with Gasteiger partial charge in [-0.3, -0.25) is 9.69 Å². The van der Waals surface area contributed by atoms with Gasteiger partial charge in [-0.1, -0.05) is 48.9 Å². The Morgan fingerprint density at radius 3 is 2.32 bits per heavy atom. The van der Waals surface area contributed by atoms with Gasteiger partial charge in [0.15, 0.2) is 5.78 Å². The van der Waals surface area contributed by atoms with Gasteiger partial charge in [0.1, 0.15) is 5.75 Å². The van der Waals surface area contributed by atoms with Crippen LogP contribution in [0, 0.1) is 5.92 Å². The number of halogens is 2. The largest absolute Gasteiger partial charge is 0.434 e. The number of Topliss-reactive ketones (excluding diaryl/α,β-unsaturated/α-hetero) is 1. The summed E-state index contributed by atoms with van der Waals surface area (Å²) in [7, 11) is 0. The zero-order chi connectivity index (χ0) is 19.5. The van der Waals surface area contributed by atoms with Crippen LogP contribution in [-0.2, 0) is 6.54 Å². The molecule has 0 radical (unpaired) electrons. The van der Waals surface area contributed by atoms with E-state index < -0.39 is 6.61 Å². The second-order valence-corrected chi connectivity index (χ2v) is 7.80. The maximum absolute atomic E-state index is 13.2. The molecule has 2 saturated heterocycles. The molecule has 2 unspecified atom stereocenters. The molecule has 4 rings (SSSR count). The van der Waals surface area contributed by atoms with Gasteiger partial charge in [-0.05, 0) is 43.4 Å². The predicted molar refractivity (Wildman–Crippen MR) is 104 cm³/mol. The van der Waals surface area contributed by atoms with Crippen molar-refractivity contribution in [1.29, 1.82) is 0 Å². The number of hydrogen-bond acceptors (Lipinski definition) is 3. The maximum Gasteiger partial charge on any atom is 0.387 e. The SMILES string of the molecule is O=C(c1ccccc1OC(F)F)C1CC2CCCC(C1)N2Cc1ccccc1. The Kier molecular flexibility index (Phi) is 5.72. The van der Waals surface area contributed by atoms with E-state index in [9.17, 15) is 13.6 Å². The van der Waals surface area contributed by atoms with Crippen molar-refractivity contribution in [3.63, 3.8) is 0 Å². The van der Waals surface area contributed by atoms with E-state index in [2.05, 4.69) is 33.9 Å². The number of piperidine rings is 2. The topological polar surface area (TPSA) is 29.5 Å². The molecule has 2 aromatic rings. The van der Waals surface area contributed by atoms with Crippen molar-refractivity contribution in [3.8, 4) is 5.75 Å². The molecule has 2 bridgehead atoms. The summed E-state index contributed by atoms with van der Waals surface area (Å²) >= 11 is 0. The van der Waals surface area contributed by atoms with Gasteiger partial charge in [-0.15, -0.1) is 0 Å². The number of nitrogens with zero attached hydrogens (tertiary/aromatic N) is 1. The number of benzene rings is 2. The highest BCUT2D eigenvalue weighted by Gasteiger charge is 2.41. The number of fused-ring (bicyclic) bond motifs is 2. The smallest absolute Gasteiger partial charge is 0.387 e. The molecule has 0 spiro atoms. The summed E-state index contributed by atoms with van der Waals surface area (Å²) in [4.78, 5) is 15.7. The summed E-state index contributed by atoms with van der Waals surface area (Å²) in [6.07, 6.45) is 4.92. The fourth-order valence-electron chi connectivity index (χ4n) is 4.83. The van der Waals surface area contributed by atoms with Gasteiger partial charge >= 0.3 is 6.61 Å². The molecule has 0 amide bonds. The second-order valence-electron chi connectivity index (χ2n) is 7.80. The van der Waals surface area contributed by atoms with Gasteiger partial charge in [-0.2, -0.15) is 8.78 Å². The molecule has 28 heavy (non-hydrogen) atoms. The Bertz CT molecular complexity index is 797. The number of ketones is 1. The van der Waals surface area contributed by atoms with Gasteiger partial charge in [0.2, 0.25) is 0 Å². The lowest BCUT2D eigenvalue weighted by Gasteiger charge is -2.48. The predicted octanol–water partition coefficient (Wildman–Crippen LogP) is 5.30. The Morgan fingerprint density at radius 1 is 1.00 bits per heavy atom. The molecule has 2 aliphatic heterocycles. The number of para-hydroxylation sites is 1. The molecule has 2 atom stereocenters. The Hall–Kier alpha value is -2.27. The Labute approximate surface area is 164 Å². The van der Waals surface area contributed by atoms with Crippen LogP contribution >= 0.6 is 0 Å². The maximum atomic E-state index is 13.2. The van der Waals surface area contributed by atoms with Crippen LogP contribution in [0.3, 0.4) is 0 Å². The first kappa shape index (κ1) is 19.1. The monoisotopic (exact) mass is 385 g/mol. The molecule has 2 aromatic carbocycles. The van der Waals surface area contributed by atoms with Gasteiger partial charge in [0.05, 0.1) is 5.56 Å². The van der Waals surface area contributed by atoms with Crippen molar-refractivity contribution in [2.24, 2.45) is 5.92 Å². The first-order valence-corrected chi connectivity index (χ1v) is 9.99. The average Bonchev–Trinajstić information content (AvgIpc) is 2.68. The molecule has 3 nitrogen and oxygen atoms in total. The molecule has 2 fully saturated rings. The van der Waals surface area contributed by atoms with Crippen molar-refractivity contribution in [1.82, 2.24) is 4.90 Å². The third-order valence-corrected chi connectivity index (χ3v) is 6.07. The lowest BCUT2D eigenvalue weighted by Crippen LogP contribution is -2.52. The summed E-state index contributed by atoms with van der Waals surface area (Å²) in [6.45, 7) is -2.02. The standard InChI is InChI=1S/C23H25F2NO2/c24-23(25)28-21-12-5-4-11-20(21)22(27)17-13-18-9-6-10-19(14-17)26(18)15-16-7-2-1-3-8-16/h1-5,7-8,11-12,17-19,23H,6,9-10,13-15H2. The lowest BCUT2D eigenvalue weighted by atomic mass is 9.75. The fourth-order valence-corrected chi connectivity index (χ4v) is 4.83. The third kappa shape index (κ3) is 4.09. The summed E-state index contributed by atoms with van der Waals surface area (Å²) in [6, 6.07) is 17.5. The number of rotatable bonds is 6. The van der Waals surface area contributed by atoms with Crippen LogP contribution in [0.25, 0.3) is 0 Å². The zero-order valence-corrected chi connectivity index (χ0v) is 15.8. The highest BCUT2D eigenvalue weighted by Crippen LogP contribution is 2.40. The number of carbonyl (C=O) groups excluding carboxylic acids is 1. The van der Waals surface area contributed by atoms with Crippen molar-refractivity contribution in [3.05, 3.63) is 65.7 Å². The van der Waals surface area contributed by atoms with Crippen LogP contribution < -0.4 is 4.74 Å². The molecule has 2 aliphatic rings. The van der Waals surface area contributed by atoms with E-state index in [1.165, 1.54) is 18.1 Å². The lowest BCUT2D eigenvalue weighted by molar-refractivity contribution is -0.0503. The molecule has 148 valence electrons. The Morgan fingerprint density at radius 2 is 1.64 bits per heavy atom. The number of alkyl halides is 2. The second kappa shape index (κ2) is 8.39. The first-order chi connectivity index (χ1) is 13.6. The highest BCUT2D eigenvalue weighted by atomic mass is 19.3. The molecule has 0 N–H and O–H groups in total. The molecule has 0 aromatic heterocycles. The molecule has 2 heterocycles. The van der Waals surface area contributed by atoms with Gasteiger partial charge in [0.25, 0.3) is 0 Å². The summed E-state index contributed by atoms with van der Waals surface area (Å²) < 4.78 is 30.0. The fraction of sp³-hybridized carbons (Fsp3) is 0.435. The number of ether oxygens (including phenoxy) is 1. The summed E-state index contributed by atoms with van der Waals surface area (Å²) in [5.41, 5.74) is 1.57. The van der Waals surface area contributed by atoms with E-state index in [0.717, 1.165) is 32.2 Å². The van der Waals surface area contributed by atoms with E-state index in [1.54, 1.807) is 18.2 Å². The van der Waals surface area contributed by atoms with Crippen LogP contribution in [0.15, 0.2) is 54.6 Å². The van der Waals surface area contributed by atoms with Crippen LogP contribution in [0.5, 0.6) is 5.75 Å². The first-order valence-electron chi connectivity index (χ1n) is 9.99. The number of hydrogen-bond donors (Lipinski definition) is 0. The minimum Gasteiger partial charge on any atom is -0.434 e. The van der Waals surface area contributed by atoms with Crippen LogP contribution in [-0.4, -0.2) is 29.4 Å². The molecular weight excluding hydrogens is 360 g/mol. The van der Waals surface area contributed by atoms with E-state index >= 15 is 0 Å². The van der Waals surface area contributed by atoms with Gasteiger partial charge in [0, 0.05) is 24.5 Å². The average molecular weight is 385 g/mol. The highest BCUT2D eigenvalue weighted by molar-refractivity contribution is 6.00. The van der Waals surface area contributed by atoms with Crippen molar-refractivity contribution >= 4 is 5.78 Å². The molecule has 0 aliphatic carbocycles. The Balaban J connectivity index is 1.51.